The third-order valence-corrected chi connectivity index (χ3v) is 5.15. The zero-order valence-corrected chi connectivity index (χ0v) is 11.8. The largest absolute Gasteiger partial charge is 0.426 e. The number of ether oxygens (including phenoxy) is 1. The van der Waals surface area contributed by atoms with Crippen LogP contribution < -0.4 is 0 Å². The minimum Gasteiger partial charge on any atom is -0.426 e. The van der Waals surface area contributed by atoms with Crippen molar-refractivity contribution in [2.75, 3.05) is 0 Å². The van der Waals surface area contributed by atoms with Crippen molar-refractivity contribution in [2.24, 2.45) is 5.41 Å². The van der Waals surface area contributed by atoms with E-state index in [2.05, 4.69) is 0 Å². The third kappa shape index (κ3) is 1.45. The number of carbonyl (C=O) groups excluding carboxylic acids is 2. The van der Waals surface area contributed by atoms with Crippen molar-refractivity contribution < 1.29 is 24.5 Å². The summed E-state index contributed by atoms with van der Waals surface area (Å²) in [5.74, 6) is -2.31. The summed E-state index contributed by atoms with van der Waals surface area (Å²) in [5, 5.41) is 21.7. The van der Waals surface area contributed by atoms with E-state index < -0.39 is 22.8 Å². The summed E-state index contributed by atoms with van der Waals surface area (Å²) in [7, 11) is 0. The Bertz CT molecular complexity index is 601. The van der Waals surface area contributed by atoms with Crippen LogP contribution in [-0.2, 0) is 14.3 Å². The van der Waals surface area contributed by atoms with Crippen LogP contribution in [0, 0.1) is 5.41 Å². The Balaban J connectivity index is 2.16. The molecule has 2 aliphatic carbocycles. The van der Waals surface area contributed by atoms with Crippen molar-refractivity contribution in [3.8, 4) is 0 Å². The predicted octanol–water partition coefficient (Wildman–Crippen LogP) is 0.999. The minimum absolute atomic E-state index is 0.0336. The average molecular weight is 278 g/mol. The molecule has 0 aromatic rings. The van der Waals surface area contributed by atoms with Crippen LogP contribution in [0.3, 0.4) is 0 Å². The summed E-state index contributed by atoms with van der Waals surface area (Å²) in [5.41, 5.74) is -0.695. The molecular weight excluding hydrogens is 260 g/mol. The highest BCUT2D eigenvalue weighted by molar-refractivity contribution is 5.94. The van der Waals surface area contributed by atoms with Gasteiger partial charge in [0.15, 0.2) is 5.78 Å². The molecule has 3 rings (SSSR count). The van der Waals surface area contributed by atoms with Gasteiger partial charge >= 0.3 is 5.97 Å². The molecule has 1 saturated carbocycles. The SMILES string of the molecule is CC1=CC(=O)C[C@]2(C)C[C@]3(O)OC(=O)C(C)=C3C[C@@]12O. The second-order valence-electron chi connectivity index (χ2n) is 6.52. The van der Waals surface area contributed by atoms with Crippen molar-refractivity contribution in [1.82, 2.24) is 0 Å². The fourth-order valence-corrected chi connectivity index (χ4v) is 3.89. The number of hydrogen-bond donors (Lipinski definition) is 2. The van der Waals surface area contributed by atoms with E-state index in [9.17, 15) is 19.8 Å². The summed E-state index contributed by atoms with van der Waals surface area (Å²) >= 11 is 0. The topological polar surface area (TPSA) is 83.8 Å². The Hall–Kier alpha value is -1.46. The first-order valence-corrected chi connectivity index (χ1v) is 6.71. The highest BCUT2D eigenvalue weighted by Gasteiger charge is 2.63. The van der Waals surface area contributed by atoms with Gasteiger partial charge in [-0.25, -0.2) is 4.79 Å². The molecule has 1 heterocycles. The predicted molar refractivity (Wildman–Crippen MR) is 69.4 cm³/mol. The first-order valence-electron chi connectivity index (χ1n) is 6.71. The minimum atomic E-state index is -1.68. The van der Waals surface area contributed by atoms with Gasteiger partial charge in [-0.2, -0.15) is 0 Å². The van der Waals surface area contributed by atoms with Gasteiger partial charge in [0.2, 0.25) is 5.79 Å². The second-order valence-corrected chi connectivity index (χ2v) is 6.52. The number of carbonyl (C=O) groups is 2. The van der Waals surface area contributed by atoms with Crippen LogP contribution in [0.4, 0.5) is 0 Å². The molecule has 0 radical (unpaired) electrons. The van der Waals surface area contributed by atoms with E-state index in [0.29, 0.717) is 16.7 Å². The van der Waals surface area contributed by atoms with Crippen molar-refractivity contribution in [3.63, 3.8) is 0 Å². The summed E-state index contributed by atoms with van der Waals surface area (Å²) in [6, 6.07) is 0. The van der Waals surface area contributed by atoms with Gasteiger partial charge in [-0.1, -0.05) is 6.92 Å². The van der Waals surface area contributed by atoms with Crippen LogP contribution in [0.1, 0.15) is 40.0 Å². The number of rotatable bonds is 0. The van der Waals surface area contributed by atoms with Crippen LogP contribution in [0.5, 0.6) is 0 Å². The molecule has 3 aliphatic rings. The molecule has 0 saturated heterocycles. The molecule has 108 valence electrons. The number of aliphatic hydroxyl groups is 2. The number of ketones is 1. The fourth-order valence-electron chi connectivity index (χ4n) is 3.89. The van der Waals surface area contributed by atoms with Crippen LogP contribution in [0.2, 0.25) is 0 Å². The lowest BCUT2D eigenvalue weighted by molar-refractivity contribution is -0.221. The molecule has 0 unspecified atom stereocenters. The Kier molecular flexibility index (Phi) is 2.43. The molecular formula is C15H18O5. The maximum absolute atomic E-state index is 11.8. The molecule has 2 N–H and O–H groups in total. The van der Waals surface area contributed by atoms with Gasteiger partial charge in [-0.3, -0.25) is 4.79 Å². The third-order valence-electron chi connectivity index (χ3n) is 5.15. The molecule has 1 aliphatic heterocycles. The standard InChI is InChI=1S/C15H18O5/c1-8-4-10(16)5-13(3)7-15(19)11(6-14(8,13)18)9(2)12(17)20-15/h4,18-19H,5-7H2,1-3H3/t13-,14-,15+/m1/s1. The van der Waals surface area contributed by atoms with E-state index in [1.54, 1.807) is 20.8 Å². The normalized spacial score (nSPS) is 44.0. The van der Waals surface area contributed by atoms with E-state index in [0.717, 1.165) is 0 Å². The molecule has 20 heavy (non-hydrogen) atoms. The maximum Gasteiger partial charge on any atom is 0.336 e. The smallest absolute Gasteiger partial charge is 0.336 e. The van der Waals surface area contributed by atoms with Crippen LogP contribution in [-0.4, -0.2) is 33.4 Å². The molecule has 3 atom stereocenters. The number of esters is 1. The lowest BCUT2D eigenvalue weighted by atomic mass is 9.54. The fraction of sp³-hybridized carbons (Fsp3) is 0.600. The molecule has 1 fully saturated rings. The van der Waals surface area contributed by atoms with Gasteiger partial charge in [0.25, 0.3) is 0 Å². The highest BCUT2D eigenvalue weighted by atomic mass is 16.7. The summed E-state index contributed by atoms with van der Waals surface area (Å²) in [4.78, 5) is 23.5. The van der Waals surface area contributed by atoms with E-state index in [-0.39, 0.29) is 25.0 Å². The van der Waals surface area contributed by atoms with E-state index in [1.165, 1.54) is 6.08 Å². The summed E-state index contributed by atoms with van der Waals surface area (Å²) in [6.45, 7) is 5.07. The van der Waals surface area contributed by atoms with E-state index in [4.69, 9.17) is 4.74 Å². The Morgan fingerprint density at radius 3 is 2.50 bits per heavy atom. The lowest BCUT2D eigenvalue weighted by Crippen LogP contribution is -2.59. The first-order chi connectivity index (χ1) is 9.11. The Morgan fingerprint density at radius 1 is 1.20 bits per heavy atom. The Labute approximate surface area is 116 Å². The maximum atomic E-state index is 11.8. The molecule has 0 bridgehead atoms. The van der Waals surface area contributed by atoms with Gasteiger partial charge in [0.1, 0.15) is 0 Å². The quantitative estimate of drug-likeness (QED) is 0.646. The van der Waals surface area contributed by atoms with Gasteiger partial charge in [0, 0.05) is 35.8 Å². The van der Waals surface area contributed by atoms with Crippen molar-refractivity contribution >= 4 is 11.8 Å². The van der Waals surface area contributed by atoms with Gasteiger partial charge in [-0.15, -0.1) is 0 Å². The average Bonchev–Trinajstić information content (AvgIpc) is 2.49. The summed E-state index contributed by atoms with van der Waals surface area (Å²) < 4.78 is 5.10. The van der Waals surface area contributed by atoms with Gasteiger partial charge < -0.3 is 14.9 Å². The van der Waals surface area contributed by atoms with Gasteiger partial charge in [-0.05, 0) is 25.5 Å². The van der Waals surface area contributed by atoms with Crippen molar-refractivity contribution in [3.05, 3.63) is 22.8 Å². The molecule has 0 amide bonds. The van der Waals surface area contributed by atoms with E-state index >= 15 is 0 Å². The highest BCUT2D eigenvalue weighted by Crippen LogP contribution is 2.59. The van der Waals surface area contributed by atoms with Crippen molar-refractivity contribution in [2.45, 2.75) is 51.4 Å². The zero-order valence-electron chi connectivity index (χ0n) is 11.8. The lowest BCUT2D eigenvalue weighted by Gasteiger charge is -2.54. The molecule has 5 heteroatoms. The monoisotopic (exact) mass is 278 g/mol. The number of hydrogen-bond acceptors (Lipinski definition) is 5. The number of fused-ring (bicyclic) bond motifs is 2. The zero-order chi connectivity index (χ0) is 14.9. The molecule has 5 nitrogen and oxygen atoms in total. The number of allylic oxidation sites excluding steroid dienone is 1. The van der Waals surface area contributed by atoms with Crippen LogP contribution >= 0.6 is 0 Å². The van der Waals surface area contributed by atoms with E-state index in [1.807, 2.05) is 0 Å². The van der Waals surface area contributed by atoms with Crippen LogP contribution in [0.15, 0.2) is 22.8 Å². The van der Waals surface area contributed by atoms with Gasteiger partial charge in [0.05, 0.1) is 5.60 Å². The molecule has 0 spiro atoms. The van der Waals surface area contributed by atoms with Crippen molar-refractivity contribution in [1.29, 1.82) is 0 Å². The molecule has 0 aromatic carbocycles. The van der Waals surface area contributed by atoms with Crippen LogP contribution in [0.25, 0.3) is 0 Å². The molecule has 0 aromatic heterocycles. The summed E-state index contributed by atoms with van der Waals surface area (Å²) in [6.07, 6.45) is 1.74. The second kappa shape index (κ2) is 3.59. The first kappa shape index (κ1) is 13.5. The Morgan fingerprint density at radius 2 is 1.85 bits per heavy atom.